The minimum atomic E-state index is -0.499. The van der Waals surface area contributed by atoms with Crippen LogP contribution in [0.3, 0.4) is 0 Å². The first-order valence-electron chi connectivity index (χ1n) is 5.29. The topological polar surface area (TPSA) is 94.1 Å². The van der Waals surface area contributed by atoms with Gasteiger partial charge in [0, 0.05) is 17.9 Å². The van der Waals surface area contributed by atoms with Crippen LogP contribution in [0, 0.1) is 10.1 Å². The van der Waals surface area contributed by atoms with E-state index in [0.717, 1.165) is 6.54 Å². The molecule has 0 saturated heterocycles. The number of fused-ring (bicyclic) bond motifs is 1. The van der Waals surface area contributed by atoms with Crippen molar-refractivity contribution in [2.75, 3.05) is 18.1 Å². The predicted octanol–water partition coefficient (Wildman–Crippen LogP) is 2.29. The molecule has 0 saturated carbocycles. The van der Waals surface area contributed by atoms with Crippen molar-refractivity contribution >= 4 is 34.2 Å². The van der Waals surface area contributed by atoms with Crippen LogP contribution in [0.1, 0.15) is 6.92 Å². The van der Waals surface area contributed by atoms with Gasteiger partial charge >= 0.3 is 5.69 Å². The van der Waals surface area contributed by atoms with Gasteiger partial charge in [-0.2, -0.15) is 11.8 Å². The van der Waals surface area contributed by atoms with E-state index in [0.29, 0.717) is 16.5 Å². The maximum absolute atomic E-state index is 10.8. The number of nitro groups is 1. The fraction of sp³-hybridized carbons (Fsp3) is 0.400. The maximum Gasteiger partial charge on any atom is 0.300 e. The summed E-state index contributed by atoms with van der Waals surface area (Å²) >= 11 is 1.73. The summed E-state index contributed by atoms with van der Waals surface area (Å²) < 4.78 is 4.58. The Morgan fingerprint density at radius 1 is 1.50 bits per heavy atom. The van der Waals surface area contributed by atoms with Crippen molar-refractivity contribution in [1.29, 1.82) is 0 Å². The van der Waals surface area contributed by atoms with E-state index in [1.54, 1.807) is 17.8 Å². The van der Waals surface area contributed by atoms with Gasteiger partial charge in [-0.15, -0.1) is 0 Å². The molecule has 7 nitrogen and oxygen atoms in total. The Hall–Kier alpha value is -1.83. The summed E-state index contributed by atoms with van der Waals surface area (Å²) in [5.74, 6) is 0. The van der Waals surface area contributed by atoms with E-state index in [4.69, 9.17) is 0 Å². The molecule has 1 aromatic carbocycles. The Morgan fingerprint density at radius 3 is 2.89 bits per heavy atom. The number of aromatic nitrogens is 2. The highest BCUT2D eigenvalue weighted by molar-refractivity contribution is 7.99. The number of anilines is 1. The monoisotopic (exact) mass is 268 g/mol. The van der Waals surface area contributed by atoms with Gasteiger partial charge in [-0.05, 0) is 22.6 Å². The number of hydrogen-bond donors (Lipinski definition) is 1. The molecule has 0 aliphatic rings. The molecule has 96 valence electrons. The molecule has 1 N–H and O–H groups in total. The first-order valence-corrected chi connectivity index (χ1v) is 6.58. The SMILES string of the molecule is CSC(C)CNc1ccc([N+](=O)[O-])c2nonc12. The van der Waals surface area contributed by atoms with Gasteiger partial charge in [0.05, 0.1) is 10.6 Å². The first kappa shape index (κ1) is 12.6. The van der Waals surface area contributed by atoms with Crippen LogP contribution in [0.25, 0.3) is 11.0 Å². The zero-order valence-electron chi connectivity index (χ0n) is 9.91. The molecule has 1 unspecified atom stereocenters. The number of nitrogens with zero attached hydrogens (tertiary/aromatic N) is 3. The number of thioether (sulfide) groups is 1. The molecule has 0 amide bonds. The Bertz CT molecular complexity index is 571. The molecular formula is C10H12N4O3S. The summed E-state index contributed by atoms with van der Waals surface area (Å²) in [5.41, 5.74) is 1.15. The molecule has 0 aliphatic heterocycles. The Labute approximate surface area is 107 Å². The molecule has 0 fully saturated rings. The predicted molar refractivity (Wildman–Crippen MR) is 69.9 cm³/mol. The van der Waals surface area contributed by atoms with E-state index >= 15 is 0 Å². The van der Waals surface area contributed by atoms with Gasteiger partial charge in [-0.3, -0.25) is 10.1 Å². The normalized spacial score (nSPS) is 12.6. The lowest BCUT2D eigenvalue weighted by molar-refractivity contribution is -0.383. The largest absolute Gasteiger partial charge is 0.382 e. The number of hydrogen-bond acceptors (Lipinski definition) is 7. The van der Waals surface area contributed by atoms with Crippen LogP contribution in [-0.2, 0) is 0 Å². The molecule has 0 bridgehead atoms. The minimum Gasteiger partial charge on any atom is -0.382 e. The summed E-state index contributed by atoms with van der Waals surface area (Å²) in [6.45, 7) is 2.82. The van der Waals surface area contributed by atoms with Crippen molar-refractivity contribution in [2.45, 2.75) is 12.2 Å². The molecule has 1 aromatic heterocycles. The highest BCUT2D eigenvalue weighted by atomic mass is 32.2. The highest BCUT2D eigenvalue weighted by Gasteiger charge is 2.19. The fourth-order valence-corrected chi connectivity index (χ4v) is 1.73. The summed E-state index contributed by atoms with van der Waals surface area (Å²) in [6, 6.07) is 3.02. The second kappa shape index (κ2) is 5.21. The van der Waals surface area contributed by atoms with Gasteiger partial charge in [0.15, 0.2) is 5.52 Å². The number of nitrogens with one attached hydrogen (secondary N) is 1. The third kappa shape index (κ3) is 2.37. The van der Waals surface area contributed by atoms with Gasteiger partial charge in [0.1, 0.15) is 0 Å². The quantitative estimate of drug-likeness (QED) is 0.656. The molecular weight excluding hydrogens is 256 g/mol. The van der Waals surface area contributed by atoms with Crippen LogP contribution >= 0.6 is 11.8 Å². The average Bonchev–Trinajstić information content (AvgIpc) is 2.84. The second-order valence-corrected chi connectivity index (χ2v) is 5.05. The Morgan fingerprint density at radius 2 is 2.22 bits per heavy atom. The van der Waals surface area contributed by atoms with E-state index in [2.05, 4.69) is 27.2 Å². The summed E-state index contributed by atoms with van der Waals surface area (Å²) in [5, 5.41) is 21.7. The molecule has 2 rings (SSSR count). The van der Waals surface area contributed by atoms with Crippen molar-refractivity contribution < 1.29 is 9.55 Å². The molecule has 1 atom stereocenters. The van der Waals surface area contributed by atoms with E-state index < -0.39 is 4.92 Å². The molecule has 2 aromatic rings. The van der Waals surface area contributed by atoms with E-state index in [9.17, 15) is 10.1 Å². The van der Waals surface area contributed by atoms with Gasteiger partial charge in [0.2, 0.25) is 5.52 Å². The van der Waals surface area contributed by atoms with Gasteiger partial charge in [0.25, 0.3) is 0 Å². The standard InChI is InChI=1S/C10H12N4O3S/c1-6(18-2)5-11-7-3-4-8(14(15)16)10-9(7)12-17-13-10/h3-4,6,11H,5H2,1-2H3. The third-order valence-corrected chi connectivity index (χ3v) is 3.54. The van der Waals surface area contributed by atoms with E-state index in [1.807, 2.05) is 6.26 Å². The Balaban J connectivity index is 2.33. The number of benzene rings is 1. The number of non-ortho nitro benzene ring substituents is 1. The third-order valence-electron chi connectivity index (χ3n) is 2.57. The lowest BCUT2D eigenvalue weighted by Gasteiger charge is -2.10. The van der Waals surface area contributed by atoms with Gasteiger partial charge in [-0.25, -0.2) is 4.63 Å². The zero-order chi connectivity index (χ0) is 13.1. The van der Waals surface area contributed by atoms with Crippen LogP contribution in [0.4, 0.5) is 11.4 Å². The Kier molecular flexibility index (Phi) is 3.66. The lowest BCUT2D eigenvalue weighted by atomic mass is 10.2. The smallest absolute Gasteiger partial charge is 0.300 e. The zero-order valence-corrected chi connectivity index (χ0v) is 10.7. The van der Waals surface area contributed by atoms with Gasteiger partial charge < -0.3 is 5.32 Å². The number of rotatable bonds is 5. The molecule has 0 aliphatic carbocycles. The maximum atomic E-state index is 10.8. The van der Waals surface area contributed by atoms with Crippen LogP contribution in [0.5, 0.6) is 0 Å². The van der Waals surface area contributed by atoms with Crippen molar-refractivity contribution in [1.82, 2.24) is 10.3 Å². The van der Waals surface area contributed by atoms with Crippen molar-refractivity contribution in [3.8, 4) is 0 Å². The summed E-state index contributed by atoms with van der Waals surface area (Å²) in [4.78, 5) is 10.3. The molecule has 0 radical (unpaired) electrons. The van der Waals surface area contributed by atoms with Crippen molar-refractivity contribution in [3.05, 3.63) is 22.2 Å². The van der Waals surface area contributed by atoms with Gasteiger partial charge in [-0.1, -0.05) is 6.92 Å². The van der Waals surface area contributed by atoms with Crippen LogP contribution in [0.15, 0.2) is 16.8 Å². The van der Waals surface area contributed by atoms with E-state index in [-0.39, 0.29) is 11.2 Å². The molecule has 18 heavy (non-hydrogen) atoms. The van der Waals surface area contributed by atoms with Crippen molar-refractivity contribution in [3.63, 3.8) is 0 Å². The second-order valence-electron chi connectivity index (χ2n) is 3.78. The average molecular weight is 268 g/mol. The van der Waals surface area contributed by atoms with Crippen LogP contribution < -0.4 is 5.32 Å². The van der Waals surface area contributed by atoms with E-state index in [1.165, 1.54) is 6.07 Å². The summed E-state index contributed by atoms with van der Waals surface area (Å²) in [7, 11) is 0. The highest BCUT2D eigenvalue weighted by Crippen LogP contribution is 2.28. The number of nitro benzene ring substituents is 1. The fourth-order valence-electron chi connectivity index (χ4n) is 1.48. The van der Waals surface area contributed by atoms with Crippen LogP contribution in [-0.4, -0.2) is 33.3 Å². The van der Waals surface area contributed by atoms with Crippen LogP contribution in [0.2, 0.25) is 0 Å². The first-order chi connectivity index (χ1) is 8.63. The molecule has 0 spiro atoms. The molecule has 8 heteroatoms. The molecule has 1 heterocycles. The van der Waals surface area contributed by atoms with Crippen molar-refractivity contribution in [2.24, 2.45) is 0 Å². The lowest BCUT2D eigenvalue weighted by Crippen LogP contribution is -2.12. The minimum absolute atomic E-state index is 0.102. The summed E-state index contributed by atoms with van der Waals surface area (Å²) in [6.07, 6.45) is 2.02.